The number of ether oxygens (including phenoxy) is 1. The molecule has 4 heteroatoms. The normalized spacial score (nSPS) is 26.4. The molecular weight excluding hydrogens is 198 g/mol. The molecule has 0 aliphatic carbocycles. The Morgan fingerprint density at radius 3 is 3.00 bits per heavy atom. The Labute approximate surface area is 90.0 Å². The van der Waals surface area contributed by atoms with Crippen molar-refractivity contribution in [3.63, 3.8) is 0 Å². The first kappa shape index (κ1) is 11.9. The van der Waals surface area contributed by atoms with Gasteiger partial charge in [-0.2, -0.15) is 0 Å². The van der Waals surface area contributed by atoms with Crippen LogP contribution in [-0.2, 0) is 9.53 Å². The van der Waals surface area contributed by atoms with Gasteiger partial charge in [0.05, 0.1) is 11.9 Å². The van der Waals surface area contributed by atoms with Crippen LogP contribution in [0.25, 0.3) is 0 Å². The van der Waals surface area contributed by atoms with E-state index in [1.54, 1.807) is 11.8 Å². The third-order valence-corrected chi connectivity index (χ3v) is 3.78. The molecule has 1 aliphatic heterocycles. The summed E-state index contributed by atoms with van der Waals surface area (Å²) in [4.78, 5) is 11.3. The second-order valence-corrected chi connectivity index (χ2v) is 4.79. The average Bonchev–Trinajstić information content (AvgIpc) is 2.58. The van der Waals surface area contributed by atoms with Gasteiger partial charge in [0.15, 0.2) is 0 Å². The summed E-state index contributed by atoms with van der Waals surface area (Å²) in [5.74, 6) is 0.717. The Kier molecular flexibility index (Phi) is 5.33. The molecular formula is C10H19NO2S. The number of carbonyl (C=O) groups excluding carboxylic acids is 1. The summed E-state index contributed by atoms with van der Waals surface area (Å²) in [5, 5.41) is 3.37. The van der Waals surface area contributed by atoms with Crippen molar-refractivity contribution in [2.45, 2.75) is 38.0 Å². The molecule has 1 rings (SSSR count). The lowest BCUT2D eigenvalue weighted by molar-refractivity contribution is -0.118. The van der Waals surface area contributed by atoms with Gasteiger partial charge in [-0.3, -0.25) is 4.79 Å². The Hall–Kier alpha value is -0.220. The van der Waals surface area contributed by atoms with Crippen LogP contribution in [0.3, 0.4) is 0 Å². The number of thioether (sulfide) groups is 1. The van der Waals surface area contributed by atoms with Gasteiger partial charge in [0, 0.05) is 18.4 Å². The molecule has 0 aromatic rings. The second kappa shape index (κ2) is 6.30. The van der Waals surface area contributed by atoms with Gasteiger partial charge < -0.3 is 10.1 Å². The van der Waals surface area contributed by atoms with Crippen molar-refractivity contribution in [3.05, 3.63) is 0 Å². The van der Waals surface area contributed by atoms with Crippen molar-refractivity contribution in [2.24, 2.45) is 0 Å². The number of nitrogens with one attached hydrogen (secondary N) is 1. The summed E-state index contributed by atoms with van der Waals surface area (Å²) >= 11 is 1.71. The summed E-state index contributed by atoms with van der Waals surface area (Å²) < 4.78 is 5.43. The summed E-state index contributed by atoms with van der Waals surface area (Å²) in [6.07, 6.45) is 2.38. The Bertz CT molecular complexity index is 187. The molecule has 1 amide bonds. The van der Waals surface area contributed by atoms with E-state index >= 15 is 0 Å². The molecule has 14 heavy (non-hydrogen) atoms. The molecule has 1 fully saturated rings. The Balaban J connectivity index is 2.10. The average molecular weight is 217 g/mol. The molecule has 1 heterocycles. The smallest absolute Gasteiger partial charge is 0.230 e. The molecule has 0 aromatic carbocycles. The first-order chi connectivity index (χ1) is 6.74. The monoisotopic (exact) mass is 217 g/mol. The zero-order valence-corrected chi connectivity index (χ0v) is 9.73. The number of hydrogen-bond donors (Lipinski definition) is 1. The highest BCUT2D eigenvalue weighted by atomic mass is 32.2. The molecule has 0 radical (unpaired) electrons. The largest absolute Gasteiger partial charge is 0.377 e. The maximum Gasteiger partial charge on any atom is 0.230 e. The molecule has 82 valence electrons. The van der Waals surface area contributed by atoms with E-state index in [-0.39, 0.29) is 5.91 Å². The van der Waals surface area contributed by atoms with Gasteiger partial charge in [-0.1, -0.05) is 6.92 Å². The van der Waals surface area contributed by atoms with Gasteiger partial charge in [-0.05, 0) is 19.8 Å². The van der Waals surface area contributed by atoms with Gasteiger partial charge in [0.1, 0.15) is 0 Å². The summed E-state index contributed by atoms with van der Waals surface area (Å²) in [6, 6.07) is 0. The topological polar surface area (TPSA) is 38.3 Å². The highest BCUT2D eigenvalue weighted by molar-refractivity contribution is 8.00. The minimum Gasteiger partial charge on any atom is -0.377 e. The van der Waals surface area contributed by atoms with Gasteiger partial charge >= 0.3 is 0 Å². The zero-order valence-electron chi connectivity index (χ0n) is 8.91. The highest BCUT2D eigenvalue weighted by Crippen LogP contribution is 2.25. The van der Waals surface area contributed by atoms with E-state index < -0.39 is 0 Å². The maximum atomic E-state index is 11.3. The summed E-state index contributed by atoms with van der Waals surface area (Å²) in [7, 11) is 0. The van der Waals surface area contributed by atoms with Crippen molar-refractivity contribution < 1.29 is 9.53 Å². The minimum absolute atomic E-state index is 0.149. The maximum absolute atomic E-state index is 11.3. The van der Waals surface area contributed by atoms with E-state index in [4.69, 9.17) is 4.74 Å². The predicted octanol–water partition coefficient (Wildman–Crippen LogP) is 1.42. The molecule has 1 saturated heterocycles. The standard InChI is InChI=1S/C10H19NO2S/c1-3-5-11-10(12)7-14-9-4-6-13-8(9)2/h8-9H,3-7H2,1-2H3,(H,11,12)/t8-,9-/m0/s1. The van der Waals surface area contributed by atoms with Gasteiger partial charge in [0.25, 0.3) is 0 Å². The van der Waals surface area contributed by atoms with Crippen molar-refractivity contribution in [2.75, 3.05) is 18.9 Å². The van der Waals surface area contributed by atoms with E-state index in [1.165, 1.54) is 0 Å². The first-order valence-corrected chi connectivity index (χ1v) is 6.28. The van der Waals surface area contributed by atoms with E-state index in [0.717, 1.165) is 26.0 Å². The van der Waals surface area contributed by atoms with E-state index in [2.05, 4.69) is 19.2 Å². The van der Waals surface area contributed by atoms with Gasteiger partial charge in [-0.25, -0.2) is 0 Å². The molecule has 0 bridgehead atoms. The third kappa shape index (κ3) is 3.88. The van der Waals surface area contributed by atoms with Crippen LogP contribution < -0.4 is 5.32 Å². The van der Waals surface area contributed by atoms with Crippen LogP contribution in [0.1, 0.15) is 26.7 Å². The lowest BCUT2D eigenvalue weighted by Gasteiger charge is -2.12. The molecule has 1 N–H and O–H groups in total. The molecule has 0 aromatic heterocycles. The highest BCUT2D eigenvalue weighted by Gasteiger charge is 2.24. The van der Waals surface area contributed by atoms with Crippen molar-refractivity contribution >= 4 is 17.7 Å². The van der Waals surface area contributed by atoms with Gasteiger partial charge in [0.2, 0.25) is 5.91 Å². The fourth-order valence-corrected chi connectivity index (χ4v) is 2.51. The number of amides is 1. The molecule has 1 aliphatic rings. The van der Waals surface area contributed by atoms with E-state index in [9.17, 15) is 4.79 Å². The predicted molar refractivity (Wildman–Crippen MR) is 59.6 cm³/mol. The third-order valence-electron chi connectivity index (χ3n) is 2.31. The molecule has 0 saturated carbocycles. The van der Waals surface area contributed by atoms with Crippen molar-refractivity contribution in [1.82, 2.24) is 5.32 Å². The second-order valence-electron chi connectivity index (χ2n) is 3.56. The lowest BCUT2D eigenvalue weighted by Crippen LogP contribution is -2.27. The van der Waals surface area contributed by atoms with Crippen LogP contribution in [-0.4, -0.2) is 36.2 Å². The molecule has 2 atom stereocenters. The van der Waals surface area contributed by atoms with E-state index in [1.807, 2.05) is 0 Å². The Morgan fingerprint density at radius 2 is 2.43 bits per heavy atom. The number of rotatable bonds is 5. The molecule has 0 spiro atoms. The number of hydrogen-bond acceptors (Lipinski definition) is 3. The number of carbonyl (C=O) groups is 1. The fraction of sp³-hybridized carbons (Fsp3) is 0.900. The van der Waals surface area contributed by atoms with Crippen LogP contribution in [0.15, 0.2) is 0 Å². The molecule has 3 nitrogen and oxygen atoms in total. The fourth-order valence-electron chi connectivity index (χ4n) is 1.43. The first-order valence-electron chi connectivity index (χ1n) is 5.24. The van der Waals surface area contributed by atoms with Gasteiger partial charge in [-0.15, -0.1) is 11.8 Å². The van der Waals surface area contributed by atoms with Crippen LogP contribution in [0.4, 0.5) is 0 Å². The summed E-state index contributed by atoms with van der Waals surface area (Å²) in [6.45, 7) is 5.76. The van der Waals surface area contributed by atoms with Crippen LogP contribution in [0.5, 0.6) is 0 Å². The van der Waals surface area contributed by atoms with Crippen molar-refractivity contribution in [3.8, 4) is 0 Å². The zero-order chi connectivity index (χ0) is 10.4. The molecule has 0 unspecified atom stereocenters. The lowest BCUT2D eigenvalue weighted by atomic mass is 10.3. The van der Waals surface area contributed by atoms with Crippen LogP contribution >= 0.6 is 11.8 Å². The van der Waals surface area contributed by atoms with Crippen molar-refractivity contribution in [1.29, 1.82) is 0 Å². The Morgan fingerprint density at radius 1 is 1.64 bits per heavy atom. The van der Waals surface area contributed by atoms with Crippen LogP contribution in [0, 0.1) is 0 Å². The minimum atomic E-state index is 0.149. The van der Waals surface area contributed by atoms with Crippen LogP contribution in [0.2, 0.25) is 0 Å². The summed E-state index contributed by atoms with van der Waals surface area (Å²) in [5.41, 5.74) is 0. The SMILES string of the molecule is CCCNC(=O)CS[C@H]1CCO[C@H]1C. The van der Waals surface area contributed by atoms with E-state index in [0.29, 0.717) is 17.1 Å². The quantitative estimate of drug-likeness (QED) is 0.757.